The van der Waals surface area contributed by atoms with Gasteiger partial charge in [-0.3, -0.25) is 14.7 Å². The predicted octanol–water partition coefficient (Wildman–Crippen LogP) is 2.24. The molecule has 0 radical (unpaired) electrons. The molecule has 0 spiro atoms. The van der Waals surface area contributed by atoms with Gasteiger partial charge in [0.05, 0.1) is 19.3 Å². The Morgan fingerprint density at radius 2 is 1.90 bits per heavy atom. The van der Waals surface area contributed by atoms with Crippen LogP contribution in [0.25, 0.3) is 0 Å². The van der Waals surface area contributed by atoms with E-state index in [1.54, 1.807) is 7.05 Å². The van der Waals surface area contributed by atoms with Crippen molar-refractivity contribution in [1.29, 1.82) is 0 Å². The van der Waals surface area contributed by atoms with E-state index < -0.39 is 0 Å². The minimum absolute atomic E-state index is 0. The topological polar surface area (TPSA) is 69.2 Å². The molecule has 2 saturated heterocycles. The van der Waals surface area contributed by atoms with Crippen LogP contribution in [-0.2, 0) is 9.53 Å². The molecule has 2 heterocycles. The zero-order valence-electron chi connectivity index (χ0n) is 18.6. The third kappa shape index (κ3) is 7.28. The fourth-order valence-corrected chi connectivity index (χ4v) is 4.06. The monoisotopic (exact) mass is 547 g/mol. The molecule has 174 valence electrons. The van der Waals surface area contributed by atoms with Gasteiger partial charge in [-0.05, 0) is 24.1 Å². The number of carbonyl (C=O) groups is 1. The molecule has 9 heteroatoms. The summed E-state index contributed by atoms with van der Waals surface area (Å²) in [4.78, 5) is 20.9. The van der Waals surface area contributed by atoms with Gasteiger partial charge in [0.1, 0.15) is 5.82 Å². The maximum absolute atomic E-state index is 13.4. The van der Waals surface area contributed by atoms with Crippen LogP contribution in [0.2, 0.25) is 0 Å². The fraction of sp³-hybridized carbons (Fsp3) is 0.636. The van der Waals surface area contributed by atoms with Gasteiger partial charge in [-0.2, -0.15) is 0 Å². The highest BCUT2D eigenvalue weighted by molar-refractivity contribution is 14.0. The number of benzene rings is 1. The molecular formula is C22H35FIN5O2. The van der Waals surface area contributed by atoms with Crippen LogP contribution in [0.1, 0.15) is 31.9 Å². The minimum Gasteiger partial charge on any atom is -0.379 e. The number of nitrogens with zero attached hydrogens (tertiary/aromatic N) is 3. The number of carbonyl (C=O) groups excluding carboxylic acids is 1. The molecule has 2 aliphatic rings. The third-order valence-electron chi connectivity index (χ3n) is 5.76. The Morgan fingerprint density at radius 1 is 1.23 bits per heavy atom. The Hall–Kier alpha value is -1.46. The van der Waals surface area contributed by atoms with Gasteiger partial charge in [0.25, 0.3) is 0 Å². The number of halogens is 2. The summed E-state index contributed by atoms with van der Waals surface area (Å²) in [5.41, 5.74) is 1.07. The zero-order valence-corrected chi connectivity index (χ0v) is 21.0. The summed E-state index contributed by atoms with van der Waals surface area (Å²) >= 11 is 0. The van der Waals surface area contributed by atoms with E-state index in [4.69, 9.17) is 4.74 Å². The Balaban J connectivity index is 0.00000341. The van der Waals surface area contributed by atoms with Crippen LogP contribution in [0.15, 0.2) is 29.3 Å². The third-order valence-corrected chi connectivity index (χ3v) is 5.76. The van der Waals surface area contributed by atoms with E-state index in [1.807, 2.05) is 30.9 Å². The fourth-order valence-electron chi connectivity index (χ4n) is 4.06. The number of hydrogen-bond donors (Lipinski definition) is 2. The van der Waals surface area contributed by atoms with Crippen molar-refractivity contribution in [1.82, 2.24) is 20.4 Å². The number of amides is 1. The van der Waals surface area contributed by atoms with Crippen LogP contribution in [0.3, 0.4) is 0 Å². The number of guanidine groups is 1. The molecular weight excluding hydrogens is 512 g/mol. The standard InChI is InChI=1S/C22H34FN5O2.HI/c1-16(2)21(29)28-9-8-19(15-28)26-22(24-3)25-14-20(27-10-12-30-13-11-27)17-4-6-18(23)7-5-17;/h4-7,16,19-20H,8-15H2,1-3H3,(H2,24,25,26);1H. The van der Waals surface area contributed by atoms with Crippen molar-refractivity contribution in [3.8, 4) is 0 Å². The maximum atomic E-state index is 13.4. The lowest BCUT2D eigenvalue weighted by atomic mass is 10.0. The molecule has 1 aromatic rings. The molecule has 2 fully saturated rings. The van der Waals surface area contributed by atoms with Crippen molar-refractivity contribution < 1.29 is 13.9 Å². The molecule has 0 saturated carbocycles. The van der Waals surface area contributed by atoms with Gasteiger partial charge in [-0.15, -0.1) is 24.0 Å². The molecule has 1 aromatic carbocycles. The summed E-state index contributed by atoms with van der Waals surface area (Å²) < 4.78 is 18.9. The zero-order chi connectivity index (χ0) is 21.5. The lowest BCUT2D eigenvalue weighted by molar-refractivity contribution is -0.133. The van der Waals surface area contributed by atoms with Crippen LogP contribution in [0.4, 0.5) is 4.39 Å². The van der Waals surface area contributed by atoms with Crippen LogP contribution in [-0.4, -0.2) is 80.7 Å². The average molecular weight is 547 g/mol. The number of aliphatic imine (C=N–C) groups is 1. The summed E-state index contributed by atoms with van der Waals surface area (Å²) in [5.74, 6) is 0.711. The summed E-state index contributed by atoms with van der Waals surface area (Å²) in [5, 5.41) is 6.88. The lowest BCUT2D eigenvalue weighted by Crippen LogP contribution is -2.49. The highest BCUT2D eigenvalue weighted by Gasteiger charge is 2.28. The smallest absolute Gasteiger partial charge is 0.225 e. The van der Waals surface area contributed by atoms with E-state index in [2.05, 4.69) is 20.5 Å². The highest BCUT2D eigenvalue weighted by Crippen LogP contribution is 2.22. The second-order valence-corrected chi connectivity index (χ2v) is 8.24. The molecule has 0 bridgehead atoms. The van der Waals surface area contributed by atoms with Crippen molar-refractivity contribution >= 4 is 35.8 Å². The van der Waals surface area contributed by atoms with E-state index >= 15 is 0 Å². The minimum atomic E-state index is -0.230. The Bertz CT molecular complexity index is 725. The van der Waals surface area contributed by atoms with Gasteiger partial charge >= 0.3 is 0 Å². The van der Waals surface area contributed by atoms with Gasteiger partial charge in [0, 0.05) is 51.7 Å². The number of ether oxygens (including phenoxy) is 1. The molecule has 2 atom stereocenters. The number of rotatable bonds is 6. The van der Waals surface area contributed by atoms with E-state index in [9.17, 15) is 9.18 Å². The largest absolute Gasteiger partial charge is 0.379 e. The molecule has 2 aliphatic heterocycles. The van der Waals surface area contributed by atoms with Crippen LogP contribution < -0.4 is 10.6 Å². The first-order chi connectivity index (χ1) is 14.5. The van der Waals surface area contributed by atoms with Crippen molar-refractivity contribution in [2.24, 2.45) is 10.9 Å². The van der Waals surface area contributed by atoms with Gasteiger partial charge < -0.3 is 20.3 Å². The van der Waals surface area contributed by atoms with Crippen LogP contribution in [0, 0.1) is 11.7 Å². The lowest BCUT2D eigenvalue weighted by Gasteiger charge is -2.35. The summed E-state index contributed by atoms with van der Waals surface area (Å²) in [6.07, 6.45) is 0.907. The Labute approximate surface area is 201 Å². The average Bonchev–Trinajstić information content (AvgIpc) is 3.22. The quantitative estimate of drug-likeness (QED) is 0.325. The van der Waals surface area contributed by atoms with E-state index in [1.165, 1.54) is 12.1 Å². The van der Waals surface area contributed by atoms with E-state index in [0.29, 0.717) is 26.3 Å². The first-order valence-corrected chi connectivity index (χ1v) is 10.8. The first kappa shape index (κ1) is 25.8. The van der Waals surface area contributed by atoms with Crippen LogP contribution in [0.5, 0.6) is 0 Å². The van der Waals surface area contributed by atoms with E-state index in [0.717, 1.165) is 37.6 Å². The summed E-state index contributed by atoms with van der Waals surface area (Å²) in [6.45, 7) is 9.07. The number of nitrogens with one attached hydrogen (secondary N) is 2. The number of morpholine rings is 1. The molecule has 2 N–H and O–H groups in total. The van der Waals surface area contributed by atoms with Crippen molar-refractivity contribution in [2.45, 2.75) is 32.4 Å². The molecule has 3 rings (SSSR count). The van der Waals surface area contributed by atoms with Crippen molar-refractivity contribution in [2.75, 3.05) is 53.0 Å². The Morgan fingerprint density at radius 3 is 2.52 bits per heavy atom. The molecule has 7 nitrogen and oxygen atoms in total. The summed E-state index contributed by atoms with van der Waals surface area (Å²) in [7, 11) is 1.75. The molecule has 0 aromatic heterocycles. The highest BCUT2D eigenvalue weighted by atomic mass is 127. The molecule has 31 heavy (non-hydrogen) atoms. The first-order valence-electron chi connectivity index (χ1n) is 10.8. The normalized spacial score (nSPS) is 21.0. The summed E-state index contributed by atoms with van der Waals surface area (Å²) in [6, 6.07) is 6.99. The van der Waals surface area contributed by atoms with Gasteiger partial charge in [0.2, 0.25) is 5.91 Å². The van der Waals surface area contributed by atoms with Gasteiger partial charge in [0.15, 0.2) is 5.96 Å². The van der Waals surface area contributed by atoms with Crippen molar-refractivity contribution in [3.63, 3.8) is 0 Å². The maximum Gasteiger partial charge on any atom is 0.225 e. The molecule has 0 aliphatic carbocycles. The molecule has 1 amide bonds. The SMILES string of the molecule is CN=C(NCC(c1ccc(F)cc1)N1CCOCC1)NC1CCN(C(=O)C(C)C)C1.I. The van der Waals surface area contributed by atoms with Gasteiger partial charge in [-0.25, -0.2) is 4.39 Å². The molecule has 2 unspecified atom stereocenters. The number of likely N-dealkylation sites (tertiary alicyclic amines) is 1. The number of hydrogen-bond acceptors (Lipinski definition) is 4. The second-order valence-electron chi connectivity index (χ2n) is 8.24. The predicted molar refractivity (Wildman–Crippen MR) is 131 cm³/mol. The van der Waals surface area contributed by atoms with E-state index in [-0.39, 0.29) is 53.7 Å². The Kier molecular flexibility index (Phi) is 10.4. The second kappa shape index (κ2) is 12.5. The van der Waals surface area contributed by atoms with Gasteiger partial charge in [-0.1, -0.05) is 26.0 Å². The van der Waals surface area contributed by atoms with Crippen molar-refractivity contribution in [3.05, 3.63) is 35.6 Å². The van der Waals surface area contributed by atoms with Crippen LogP contribution >= 0.6 is 24.0 Å².